The van der Waals surface area contributed by atoms with Crippen LogP contribution in [0.4, 0.5) is 0 Å². The summed E-state index contributed by atoms with van der Waals surface area (Å²) >= 11 is 0. The first kappa shape index (κ1) is 14.8. The third-order valence-electron chi connectivity index (χ3n) is 5.07. The first-order valence-corrected chi connectivity index (χ1v) is 8.22. The number of amides is 2. The molecular weight excluding hydrogens is 268 g/mol. The number of carbonyl (C=O) groups is 2. The predicted molar refractivity (Wildman–Crippen MR) is 78.7 cm³/mol. The van der Waals surface area contributed by atoms with Crippen molar-refractivity contribution >= 4 is 11.8 Å². The molecule has 3 saturated heterocycles. The molecule has 2 atom stereocenters. The molecular formula is C16H26N2O3. The van der Waals surface area contributed by atoms with Crippen LogP contribution in [-0.2, 0) is 14.3 Å². The first-order valence-electron chi connectivity index (χ1n) is 8.22. The van der Waals surface area contributed by atoms with Gasteiger partial charge < -0.3 is 14.5 Å². The number of ether oxygens (including phenoxy) is 1. The second-order valence-electron chi connectivity index (χ2n) is 7.14. The molecule has 3 heterocycles. The Morgan fingerprint density at radius 1 is 1.10 bits per heavy atom. The highest BCUT2D eigenvalue weighted by molar-refractivity contribution is 5.90. The molecule has 0 saturated carbocycles. The van der Waals surface area contributed by atoms with Crippen molar-refractivity contribution in [3.63, 3.8) is 0 Å². The van der Waals surface area contributed by atoms with Gasteiger partial charge >= 0.3 is 0 Å². The average molecular weight is 294 g/mol. The fraction of sp³-hybridized carbons (Fsp3) is 0.875. The Labute approximate surface area is 126 Å². The van der Waals surface area contributed by atoms with E-state index in [1.807, 2.05) is 9.80 Å². The minimum Gasteiger partial charge on any atom is -0.375 e. The highest BCUT2D eigenvalue weighted by Gasteiger charge is 2.42. The van der Waals surface area contributed by atoms with Crippen LogP contribution >= 0.6 is 0 Å². The van der Waals surface area contributed by atoms with Crippen molar-refractivity contribution in [2.75, 3.05) is 19.7 Å². The third-order valence-corrected chi connectivity index (χ3v) is 5.07. The van der Waals surface area contributed by atoms with E-state index in [9.17, 15) is 9.59 Å². The number of fused-ring (bicyclic) bond motifs is 1. The molecule has 0 aromatic heterocycles. The van der Waals surface area contributed by atoms with E-state index in [0.29, 0.717) is 19.6 Å². The molecule has 3 aliphatic rings. The van der Waals surface area contributed by atoms with E-state index in [1.54, 1.807) is 0 Å². The van der Waals surface area contributed by atoms with Crippen LogP contribution in [0.5, 0.6) is 0 Å². The van der Waals surface area contributed by atoms with Crippen molar-refractivity contribution in [2.45, 2.75) is 70.1 Å². The Bertz CT molecular complexity index is 435. The minimum absolute atomic E-state index is 0.155. The molecule has 0 bridgehead atoms. The standard InChI is InChI=1S/C16H26N2O3/c1-16(2)11-12(7-10-21-16)17-9-6-14(19)18-8-4-3-5-13(18)15(17)20/h12-13H,3-11H2,1-2H3. The van der Waals surface area contributed by atoms with Gasteiger partial charge in [-0.2, -0.15) is 0 Å². The summed E-state index contributed by atoms with van der Waals surface area (Å²) in [6, 6.07) is 0.00985. The Balaban J connectivity index is 1.79. The summed E-state index contributed by atoms with van der Waals surface area (Å²) in [6.07, 6.45) is 5.12. The normalized spacial score (nSPS) is 33.6. The maximum Gasteiger partial charge on any atom is 0.245 e. The molecule has 5 heteroatoms. The Morgan fingerprint density at radius 2 is 1.90 bits per heavy atom. The van der Waals surface area contributed by atoms with Crippen LogP contribution in [0.25, 0.3) is 0 Å². The zero-order valence-corrected chi connectivity index (χ0v) is 13.1. The summed E-state index contributed by atoms with van der Waals surface area (Å²) in [6.45, 7) is 6.19. The molecule has 0 N–H and O–H groups in total. The summed E-state index contributed by atoms with van der Waals surface area (Å²) in [4.78, 5) is 29.0. The van der Waals surface area contributed by atoms with Gasteiger partial charge in [0, 0.05) is 32.2 Å². The Hall–Kier alpha value is -1.10. The average Bonchev–Trinajstić information content (AvgIpc) is 2.57. The second-order valence-corrected chi connectivity index (χ2v) is 7.14. The van der Waals surface area contributed by atoms with Gasteiger partial charge in [0.05, 0.1) is 5.60 Å². The summed E-state index contributed by atoms with van der Waals surface area (Å²) < 4.78 is 5.77. The molecule has 5 nitrogen and oxygen atoms in total. The topological polar surface area (TPSA) is 49.9 Å². The van der Waals surface area contributed by atoms with E-state index in [2.05, 4.69) is 13.8 Å². The van der Waals surface area contributed by atoms with Crippen LogP contribution < -0.4 is 0 Å². The number of carbonyl (C=O) groups excluding carboxylic acids is 2. The fourth-order valence-electron chi connectivity index (χ4n) is 3.98. The lowest BCUT2D eigenvalue weighted by Gasteiger charge is -2.42. The highest BCUT2D eigenvalue weighted by Crippen LogP contribution is 2.31. The van der Waals surface area contributed by atoms with E-state index in [-0.39, 0.29) is 29.5 Å². The second kappa shape index (κ2) is 5.59. The van der Waals surface area contributed by atoms with Crippen LogP contribution in [0.3, 0.4) is 0 Å². The van der Waals surface area contributed by atoms with E-state index in [4.69, 9.17) is 4.74 Å². The number of piperidine rings is 1. The molecule has 21 heavy (non-hydrogen) atoms. The van der Waals surface area contributed by atoms with E-state index >= 15 is 0 Å². The van der Waals surface area contributed by atoms with Crippen molar-refractivity contribution in [3.05, 3.63) is 0 Å². The van der Waals surface area contributed by atoms with Crippen LogP contribution in [0, 0.1) is 0 Å². The highest BCUT2D eigenvalue weighted by atomic mass is 16.5. The summed E-state index contributed by atoms with van der Waals surface area (Å²) in [5, 5.41) is 0. The Kier molecular flexibility index (Phi) is 3.95. The molecule has 118 valence electrons. The smallest absolute Gasteiger partial charge is 0.245 e. The van der Waals surface area contributed by atoms with Crippen LogP contribution in [0.2, 0.25) is 0 Å². The van der Waals surface area contributed by atoms with Crippen LogP contribution in [0.1, 0.15) is 52.4 Å². The van der Waals surface area contributed by atoms with Gasteiger partial charge in [-0.25, -0.2) is 0 Å². The van der Waals surface area contributed by atoms with Crippen molar-refractivity contribution < 1.29 is 14.3 Å². The number of nitrogens with zero attached hydrogens (tertiary/aromatic N) is 2. The first-order chi connectivity index (χ1) is 9.98. The van der Waals surface area contributed by atoms with Gasteiger partial charge in [0.2, 0.25) is 11.8 Å². The maximum absolute atomic E-state index is 12.9. The molecule has 3 aliphatic heterocycles. The monoisotopic (exact) mass is 294 g/mol. The van der Waals surface area contributed by atoms with Crippen molar-refractivity contribution in [1.82, 2.24) is 9.80 Å². The molecule has 2 amide bonds. The molecule has 0 aliphatic carbocycles. The summed E-state index contributed by atoms with van der Waals surface area (Å²) in [5.74, 6) is 0.324. The molecule has 2 unspecified atom stereocenters. The summed E-state index contributed by atoms with van der Waals surface area (Å²) in [5.41, 5.74) is -0.175. The van der Waals surface area contributed by atoms with Gasteiger partial charge in [0.1, 0.15) is 6.04 Å². The van der Waals surface area contributed by atoms with E-state index < -0.39 is 0 Å². The zero-order valence-electron chi connectivity index (χ0n) is 13.1. The molecule has 0 radical (unpaired) electrons. The largest absolute Gasteiger partial charge is 0.375 e. The fourth-order valence-corrected chi connectivity index (χ4v) is 3.98. The van der Waals surface area contributed by atoms with Crippen molar-refractivity contribution in [2.24, 2.45) is 0 Å². The minimum atomic E-state index is -0.209. The quantitative estimate of drug-likeness (QED) is 0.737. The SMILES string of the molecule is CC1(C)CC(N2CCC(=O)N3CCCCC3C2=O)CCO1. The van der Waals surface area contributed by atoms with Gasteiger partial charge in [0.15, 0.2) is 0 Å². The lowest BCUT2D eigenvalue weighted by atomic mass is 9.92. The van der Waals surface area contributed by atoms with Crippen LogP contribution in [-0.4, -0.2) is 59.0 Å². The van der Waals surface area contributed by atoms with E-state index in [0.717, 1.165) is 38.6 Å². The third kappa shape index (κ3) is 2.93. The number of rotatable bonds is 1. The summed E-state index contributed by atoms with van der Waals surface area (Å²) in [7, 11) is 0. The van der Waals surface area contributed by atoms with Crippen molar-refractivity contribution in [1.29, 1.82) is 0 Å². The number of hydrogen-bond acceptors (Lipinski definition) is 3. The lowest BCUT2D eigenvalue weighted by molar-refractivity contribution is -0.148. The molecule has 3 fully saturated rings. The Morgan fingerprint density at radius 3 is 2.67 bits per heavy atom. The molecule has 0 aromatic rings. The molecule has 0 aromatic carbocycles. The molecule has 3 rings (SSSR count). The van der Waals surface area contributed by atoms with Gasteiger partial charge in [-0.3, -0.25) is 9.59 Å². The zero-order chi connectivity index (χ0) is 15.0. The van der Waals surface area contributed by atoms with Crippen LogP contribution in [0.15, 0.2) is 0 Å². The maximum atomic E-state index is 12.9. The molecule has 0 spiro atoms. The van der Waals surface area contributed by atoms with E-state index in [1.165, 1.54) is 0 Å². The van der Waals surface area contributed by atoms with Crippen molar-refractivity contribution in [3.8, 4) is 0 Å². The number of hydrogen-bond donors (Lipinski definition) is 0. The predicted octanol–water partition coefficient (Wildman–Crippen LogP) is 1.56. The van der Waals surface area contributed by atoms with Gasteiger partial charge in [-0.15, -0.1) is 0 Å². The van der Waals surface area contributed by atoms with Gasteiger partial charge in [-0.1, -0.05) is 0 Å². The lowest BCUT2D eigenvalue weighted by Crippen LogP contribution is -2.54. The van der Waals surface area contributed by atoms with Gasteiger partial charge in [0.25, 0.3) is 0 Å². The van der Waals surface area contributed by atoms with Gasteiger partial charge in [-0.05, 0) is 46.0 Å².